The zero-order valence-electron chi connectivity index (χ0n) is 13.1. The van der Waals surface area contributed by atoms with Crippen LogP contribution in [0.1, 0.15) is 44.7 Å². The number of hydrogen-bond donors (Lipinski definition) is 0. The number of carbonyl (C=O) groups is 1. The molecule has 0 aliphatic carbocycles. The highest BCUT2D eigenvalue weighted by Gasteiger charge is 2.31. The van der Waals surface area contributed by atoms with Gasteiger partial charge in [-0.05, 0) is 45.0 Å². The van der Waals surface area contributed by atoms with Gasteiger partial charge in [-0.2, -0.15) is 0 Å². The summed E-state index contributed by atoms with van der Waals surface area (Å²) in [6.07, 6.45) is 2.85. The van der Waals surface area contributed by atoms with Crippen LogP contribution in [-0.4, -0.2) is 31.4 Å². The Bertz CT molecular complexity index is 466. The van der Waals surface area contributed by atoms with Crippen molar-refractivity contribution in [1.29, 1.82) is 0 Å². The maximum atomic E-state index is 12.7. The van der Waals surface area contributed by atoms with Gasteiger partial charge in [0, 0.05) is 24.2 Å². The molecule has 1 amide bonds. The molecule has 0 aromatic heterocycles. The van der Waals surface area contributed by atoms with Crippen LogP contribution >= 0.6 is 0 Å². The molecule has 1 aliphatic rings. The quantitative estimate of drug-likeness (QED) is 0.839. The molecular weight excluding hydrogens is 248 g/mol. The highest BCUT2D eigenvalue weighted by atomic mass is 16.2. The van der Waals surface area contributed by atoms with Crippen LogP contribution in [0.4, 0.5) is 5.69 Å². The predicted molar refractivity (Wildman–Crippen MR) is 83.9 cm³/mol. The second kappa shape index (κ2) is 6.40. The highest BCUT2D eigenvalue weighted by molar-refractivity contribution is 5.96. The second-order valence-electron chi connectivity index (χ2n) is 5.83. The summed E-state index contributed by atoms with van der Waals surface area (Å²) in [5.74, 6) is 0.443. The molecule has 0 saturated heterocycles. The average molecular weight is 274 g/mol. The molecule has 0 saturated carbocycles. The van der Waals surface area contributed by atoms with Crippen LogP contribution in [0.25, 0.3) is 0 Å². The third-order valence-corrected chi connectivity index (χ3v) is 4.44. The van der Waals surface area contributed by atoms with E-state index in [1.807, 2.05) is 11.0 Å². The lowest BCUT2D eigenvalue weighted by Gasteiger charge is -2.38. The van der Waals surface area contributed by atoms with E-state index in [0.29, 0.717) is 11.9 Å². The van der Waals surface area contributed by atoms with Crippen molar-refractivity contribution in [1.82, 2.24) is 4.90 Å². The molecule has 0 spiro atoms. The van der Waals surface area contributed by atoms with Gasteiger partial charge in [0.15, 0.2) is 0 Å². The molecule has 110 valence electrons. The van der Waals surface area contributed by atoms with E-state index in [-0.39, 0.29) is 5.92 Å². The van der Waals surface area contributed by atoms with Crippen molar-refractivity contribution in [3.63, 3.8) is 0 Å². The molecule has 3 nitrogen and oxygen atoms in total. The van der Waals surface area contributed by atoms with E-state index in [2.05, 4.69) is 51.0 Å². The van der Waals surface area contributed by atoms with Gasteiger partial charge in [0.2, 0.25) is 5.91 Å². The Morgan fingerprint density at radius 2 is 1.95 bits per heavy atom. The summed E-state index contributed by atoms with van der Waals surface area (Å²) in [7, 11) is 4.22. The van der Waals surface area contributed by atoms with Gasteiger partial charge in [0.1, 0.15) is 0 Å². The maximum Gasteiger partial charge on any atom is 0.230 e. The summed E-state index contributed by atoms with van der Waals surface area (Å²) in [6, 6.07) is 8.76. The smallest absolute Gasteiger partial charge is 0.230 e. The molecule has 3 heteroatoms. The van der Waals surface area contributed by atoms with Crippen LogP contribution in [0.15, 0.2) is 24.3 Å². The Balaban J connectivity index is 2.34. The van der Waals surface area contributed by atoms with Gasteiger partial charge in [-0.3, -0.25) is 4.79 Å². The minimum absolute atomic E-state index is 0.152. The second-order valence-corrected chi connectivity index (χ2v) is 5.83. The van der Waals surface area contributed by atoms with E-state index in [0.717, 1.165) is 31.5 Å². The first-order valence-electron chi connectivity index (χ1n) is 7.66. The van der Waals surface area contributed by atoms with Crippen molar-refractivity contribution in [2.24, 2.45) is 5.92 Å². The molecule has 1 heterocycles. The molecule has 0 N–H and O–H groups in total. The third-order valence-electron chi connectivity index (χ3n) is 4.44. The molecule has 1 aromatic rings. The van der Waals surface area contributed by atoms with Crippen molar-refractivity contribution in [2.45, 2.75) is 39.2 Å². The van der Waals surface area contributed by atoms with Gasteiger partial charge in [0.05, 0.1) is 0 Å². The van der Waals surface area contributed by atoms with E-state index in [4.69, 9.17) is 0 Å². The molecule has 0 fully saturated rings. The summed E-state index contributed by atoms with van der Waals surface area (Å²) in [6.45, 7) is 5.03. The fourth-order valence-corrected chi connectivity index (χ4v) is 3.17. The highest BCUT2D eigenvalue weighted by Crippen LogP contribution is 2.37. The van der Waals surface area contributed by atoms with Crippen LogP contribution < -0.4 is 4.90 Å². The zero-order chi connectivity index (χ0) is 14.7. The number of fused-ring (bicyclic) bond motifs is 1. The number of hydrogen-bond acceptors (Lipinski definition) is 2. The Kier molecular flexibility index (Phi) is 4.81. The minimum atomic E-state index is 0.152. The number of rotatable bonds is 4. The standard InChI is InChI=1S/C17H26N2O/c1-5-13(6-2)17(20)19-12-11-15(18(3)4)14-9-7-8-10-16(14)19/h7-10,13,15H,5-6,11-12H2,1-4H3. The van der Waals surface area contributed by atoms with E-state index in [1.54, 1.807) is 0 Å². The number of carbonyl (C=O) groups excluding carboxylic acids is 1. The van der Waals surface area contributed by atoms with Crippen LogP contribution in [0.2, 0.25) is 0 Å². The summed E-state index contributed by atoms with van der Waals surface area (Å²) in [5, 5.41) is 0. The summed E-state index contributed by atoms with van der Waals surface area (Å²) < 4.78 is 0. The van der Waals surface area contributed by atoms with Crippen LogP contribution in [0, 0.1) is 5.92 Å². The Labute approximate surface area is 122 Å². The molecule has 2 rings (SSSR count). The third kappa shape index (κ3) is 2.73. The predicted octanol–water partition coefficient (Wildman–Crippen LogP) is 3.46. The first-order valence-corrected chi connectivity index (χ1v) is 7.66. The number of nitrogens with zero attached hydrogens (tertiary/aromatic N) is 2. The van der Waals surface area contributed by atoms with Crippen molar-refractivity contribution in [3.8, 4) is 0 Å². The lowest BCUT2D eigenvalue weighted by Crippen LogP contribution is -2.42. The minimum Gasteiger partial charge on any atom is -0.312 e. The lowest BCUT2D eigenvalue weighted by atomic mass is 9.93. The SMILES string of the molecule is CCC(CC)C(=O)N1CCC(N(C)C)c2ccccc21. The molecule has 1 atom stereocenters. The first kappa shape index (κ1) is 15.0. The molecule has 0 radical (unpaired) electrons. The van der Waals surface area contributed by atoms with Crippen molar-refractivity contribution >= 4 is 11.6 Å². The summed E-state index contributed by atoms with van der Waals surface area (Å²) >= 11 is 0. The van der Waals surface area contributed by atoms with E-state index < -0.39 is 0 Å². The largest absolute Gasteiger partial charge is 0.312 e. The van der Waals surface area contributed by atoms with Gasteiger partial charge in [0.25, 0.3) is 0 Å². The molecule has 1 aromatic carbocycles. The first-order chi connectivity index (χ1) is 9.60. The van der Waals surface area contributed by atoms with Gasteiger partial charge in [-0.25, -0.2) is 0 Å². The van der Waals surface area contributed by atoms with Crippen LogP contribution in [0.5, 0.6) is 0 Å². The molecule has 20 heavy (non-hydrogen) atoms. The monoisotopic (exact) mass is 274 g/mol. The van der Waals surface area contributed by atoms with E-state index in [9.17, 15) is 4.79 Å². The Hall–Kier alpha value is -1.35. The molecular formula is C17H26N2O. The zero-order valence-corrected chi connectivity index (χ0v) is 13.1. The topological polar surface area (TPSA) is 23.6 Å². The van der Waals surface area contributed by atoms with Gasteiger partial charge < -0.3 is 9.80 Å². The summed E-state index contributed by atoms with van der Waals surface area (Å²) in [4.78, 5) is 17.0. The van der Waals surface area contributed by atoms with E-state index in [1.165, 1.54) is 5.56 Å². The molecule has 0 bridgehead atoms. The lowest BCUT2D eigenvalue weighted by molar-refractivity contribution is -0.122. The Morgan fingerprint density at radius 1 is 1.30 bits per heavy atom. The van der Waals surface area contributed by atoms with Crippen molar-refractivity contribution < 1.29 is 4.79 Å². The van der Waals surface area contributed by atoms with Gasteiger partial charge >= 0.3 is 0 Å². The fraction of sp³-hybridized carbons (Fsp3) is 0.588. The van der Waals surface area contributed by atoms with Crippen LogP contribution in [-0.2, 0) is 4.79 Å². The average Bonchev–Trinajstić information content (AvgIpc) is 2.47. The molecule has 1 unspecified atom stereocenters. The Morgan fingerprint density at radius 3 is 2.55 bits per heavy atom. The molecule has 1 aliphatic heterocycles. The fourth-order valence-electron chi connectivity index (χ4n) is 3.17. The van der Waals surface area contributed by atoms with E-state index >= 15 is 0 Å². The number of anilines is 1. The van der Waals surface area contributed by atoms with Crippen molar-refractivity contribution in [2.75, 3.05) is 25.5 Å². The van der Waals surface area contributed by atoms with Crippen LogP contribution in [0.3, 0.4) is 0 Å². The maximum absolute atomic E-state index is 12.7. The van der Waals surface area contributed by atoms with Gasteiger partial charge in [-0.1, -0.05) is 32.0 Å². The number of para-hydroxylation sites is 1. The van der Waals surface area contributed by atoms with Gasteiger partial charge in [-0.15, -0.1) is 0 Å². The van der Waals surface area contributed by atoms with Crippen molar-refractivity contribution in [3.05, 3.63) is 29.8 Å². The summed E-state index contributed by atoms with van der Waals surface area (Å²) in [5.41, 5.74) is 2.39. The normalized spacial score (nSPS) is 18.5. The number of amides is 1. The number of benzene rings is 1.